The summed E-state index contributed by atoms with van der Waals surface area (Å²) in [6.45, 7) is 0. The SMILES string of the molecule is O=C1NC(=O)[C@@H](Cc2ccc(NC(=O)C3(c4ccccc4)CC3)cc2)N1. The molecule has 0 spiro atoms. The summed E-state index contributed by atoms with van der Waals surface area (Å²) in [7, 11) is 0. The van der Waals surface area contributed by atoms with Crippen LogP contribution in [0, 0.1) is 0 Å². The predicted molar refractivity (Wildman–Crippen MR) is 96.6 cm³/mol. The summed E-state index contributed by atoms with van der Waals surface area (Å²) >= 11 is 0. The van der Waals surface area contributed by atoms with Crippen LogP contribution in [0.3, 0.4) is 0 Å². The molecule has 4 rings (SSSR count). The lowest BCUT2D eigenvalue weighted by molar-refractivity contribution is -0.120. The number of urea groups is 1. The van der Waals surface area contributed by atoms with E-state index in [1.807, 2.05) is 54.6 Å². The number of nitrogens with one attached hydrogen (secondary N) is 3. The molecular formula is C20H19N3O3. The van der Waals surface area contributed by atoms with E-state index in [-0.39, 0.29) is 11.8 Å². The zero-order chi connectivity index (χ0) is 18.1. The van der Waals surface area contributed by atoms with E-state index in [1.165, 1.54) is 0 Å². The van der Waals surface area contributed by atoms with Gasteiger partial charge >= 0.3 is 6.03 Å². The number of carbonyl (C=O) groups is 3. The van der Waals surface area contributed by atoms with E-state index < -0.39 is 17.5 Å². The lowest BCUT2D eigenvalue weighted by Crippen LogP contribution is -2.31. The molecule has 1 saturated heterocycles. The third-order valence-electron chi connectivity index (χ3n) is 5.02. The quantitative estimate of drug-likeness (QED) is 0.723. The average Bonchev–Trinajstić information content (AvgIpc) is 3.39. The number of imide groups is 1. The minimum atomic E-state index is -0.546. The Bertz CT molecular complexity index is 858. The first-order valence-electron chi connectivity index (χ1n) is 8.64. The van der Waals surface area contributed by atoms with Gasteiger partial charge in [-0.3, -0.25) is 14.9 Å². The normalized spacial score (nSPS) is 20.2. The Hall–Kier alpha value is -3.15. The summed E-state index contributed by atoms with van der Waals surface area (Å²) in [5.74, 6) is -0.301. The fourth-order valence-electron chi connectivity index (χ4n) is 3.34. The second-order valence-corrected chi connectivity index (χ2v) is 6.82. The van der Waals surface area contributed by atoms with Crippen molar-refractivity contribution in [2.24, 2.45) is 0 Å². The Morgan fingerprint density at radius 1 is 1.04 bits per heavy atom. The van der Waals surface area contributed by atoms with Crippen molar-refractivity contribution < 1.29 is 14.4 Å². The zero-order valence-electron chi connectivity index (χ0n) is 14.1. The zero-order valence-corrected chi connectivity index (χ0v) is 14.1. The lowest BCUT2D eigenvalue weighted by Gasteiger charge is -2.16. The maximum absolute atomic E-state index is 12.7. The van der Waals surface area contributed by atoms with Gasteiger partial charge in [0.25, 0.3) is 5.91 Å². The highest BCUT2D eigenvalue weighted by atomic mass is 16.2. The van der Waals surface area contributed by atoms with Gasteiger partial charge in [-0.05, 0) is 36.1 Å². The molecular weight excluding hydrogens is 330 g/mol. The molecule has 1 atom stereocenters. The van der Waals surface area contributed by atoms with Crippen molar-refractivity contribution in [3.63, 3.8) is 0 Å². The first-order chi connectivity index (χ1) is 12.6. The Kier molecular flexibility index (Phi) is 3.95. The second-order valence-electron chi connectivity index (χ2n) is 6.82. The van der Waals surface area contributed by atoms with Crippen molar-refractivity contribution in [1.82, 2.24) is 10.6 Å². The van der Waals surface area contributed by atoms with E-state index in [1.54, 1.807) is 0 Å². The van der Waals surface area contributed by atoms with Crippen LogP contribution in [0.1, 0.15) is 24.0 Å². The fraction of sp³-hybridized carbons (Fsp3) is 0.250. The number of hydrogen-bond donors (Lipinski definition) is 3. The van der Waals surface area contributed by atoms with Gasteiger partial charge in [-0.25, -0.2) is 4.79 Å². The van der Waals surface area contributed by atoms with Crippen LogP contribution < -0.4 is 16.0 Å². The number of amides is 4. The van der Waals surface area contributed by atoms with Crippen molar-refractivity contribution in [2.45, 2.75) is 30.7 Å². The van der Waals surface area contributed by atoms with Gasteiger partial charge in [-0.1, -0.05) is 42.5 Å². The second kappa shape index (κ2) is 6.29. The molecule has 2 aliphatic rings. The highest BCUT2D eigenvalue weighted by Crippen LogP contribution is 2.48. The van der Waals surface area contributed by atoms with Crippen molar-refractivity contribution in [2.75, 3.05) is 5.32 Å². The molecule has 1 aliphatic heterocycles. The van der Waals surface area contributed by atoms with Gasteiger partial charge in [0.2, 0.25) is 5.91 Å². The first-order valence-corrected chi connectivity index (χ1v) is 8.64. The number of anilines is 1. The molecule has 2 aromatic carbocycles. The van der Waals surface area contributed by atoms with Crippen molar-refractivity contribution in [1.29, 1.82) is 0 Å². The minimum absolute atomic E-state index is 0.0129. The van der Waals surface area contributed by atoms with E-state index in [0.29, 0.717) is 6.42 Å². The van der Waals surface area contributed by atoms with Gasteiger partial charge in [-0.2, -0.15) is 0 Å². The molecule has 6 heteroatoms. The third kappa shape index (κ3) is 3.06. The van der Waals surface area contributed by atoms with Crippen LogP contribution in [-0.4, -0.2) is 23.9 Å². The number of hydrogen-bond acceptors (Lipinski definition) is 3. The summed E-state index contributed by atoms with van der Waals surface area (Å²) in [6.07, 6.45) is 2.13. The fourth-order valence-corrected chi connectivity index (χ4v) is 3.34. The minimum Gasteiger partial charge on any atom is -0.326 e. The van der Waals surface area contributed by atoms with Crippen LogP contribution in [0.4, 0.5) is 10.5 Å². The third-order valence-corrected chi connectivity index (χ3v) is 5.02. The van der Waals surface area contributed by atoms with Crippen LogP contribution in [-0.2, 0) is 21.4 Å². The van der Waals surface area contributed by atoms with Gasteiger partial charge in [0.15, 0.2) is 0 Å². The van der Waals surface area contributed by atoms with E-state index >= 15 is 0 Å². The molecule has 1 saturated carbocycles. The molecule has 1 heterocycles. The van der Waals surface area contributed by atoms with Crippen LogP contribution in [0.2, 0.25) is 0 Å². The lowest BCUT2D eigenvalue weighted by atomic mass is 9.95. The van der Waals surface area contributed by atoms with Crippen molar-refractivity contribution in [3.05, 3.63) is 65.7 Å². The Labute approximate surface area is 151 Å². The van der Waals surface area contributed by atoms with Gasteiger partial charge in [0.1, 0.15) is 6.04 Å². The van der Waals surface area contributed by atoms with E-state index in [9.17, 15) is 14.4 Å². The molecule has 4 amide bonds. The van der Waals surface area contributed by atoms with Crippen LogP contribution in [0.25, 0.3) is 0 Å². The van der Waals surface area contributed by atoms with Gasteiger partial charge in [0.05, 0.1) is 5.41 Å². The Morgan fingerprint density at radius 2 is 1.73 bits per heavy atom. The number of rotatable bonds is 5. The topological polar surface area (TPSA) is 87.3 Å². The summed E-state index contributed by atoms with van der Waals surface area (Å²) in [5, 5.41) is 7.79. The summed E-state index contributed by atoms with van der Waals surface area (Å²) in [6, 6.07) is 16.2. The highest BCUT2D eigenvalue weighted by molar-refractivity contribution is 6.04. The highest BCUT2D eigenvalue weighted by Gasteiger charge is 2.51. The molecule has 2 aromatic rings. The van der Waals surface area contributed by atoms with Gasteiger partial charge in [0, 0.05) is 12.1 Å². The molecule has 2 fully saturated rings. The summed E-state index contributed by atoms with van der Waals surface area (Å²) in [5.41, 5.74) is 2.28. The molecule has 0 bridgehead atoms. The molecule has 6 nitrogen and oxygen atoms in total. The van der Waals surface area contributed by atoms with E-state index in [0.717, 1.165) is 29.7 Å². The number of benzene rings is 2. The maximum Gasteiger partial charge on any atom is 0.322 e. The maximum atomic E-state index is 12.7. The van der Waals surface area contributed by atoms with Crippen molar-refractivity contribution >= 4 is 23.5 Å². The van der Waals surface area contributed by atoms with Gasteiger partial charge < -0.3 is 10.6 Å². The molecule has 26 heavy (non-hydrogen) atoms. The van der Waals surface area contributed by atoms with E-state index in [4.69, 9.17) is 0 Å². The molecule has 0 radical (unpaired) electrons. The molecule has 0 aromatic heterocycles. The summed E-state index contributed by atoms with van der Waals surface area (Å²) < 4.78 is 0. The van der Waals surface area contributed by atoms with Gasteiger partial charge in [-0.15, -0.1) is 0 Å². The smallest absolute Gasteiger partial charge is 0.322 e. The molecule has 1 aliphatic carbocycles. The van der Waals surface area contributed by atoms with Crippen LogP contribution >= 0.6 is 0 Å². The number of carbonyl (C=O) groups excluding carboxylic acids is 3. The van der Waals surface area contributed by atoms with Crippen molar-refractivity contribution in [3.8, 4) is 0 Å². The largest absolute Gasteiger partial charge is 0.326 e. The first kappa shape index (κ1) is 16.3. The van der Waals surface area contributed by atoms with Crippen LogP contribution in [0.5, 0.6) is 0 Å². The molecule has 3 N–H and O–H groups in total. The molecule has 0 unspecified atom stereocenters. The molecule has 132 valence electrons. The standard InChI is InChI=1S/C20H19N3O3/c24-17-16(22-19(26)23-17)12-13-6-8-15(9-7-13)21-18(25)20(10-11-20)14-4-2-1-3-5-14/h1-9,16H,10-12H2,(H,21,25)(H2,22,23,24,26)/t16-/m1/s1. The van der Waals surface area contributed by atoms with Crippen LogP contribution in [0.15, 0.2) is 54.6 Å². The summed E-state index contributed by atoms with van der Waals surface area (Å²) in [4.78, 5) is 35.5. The average molecular weight is 349 g/mol. The monoisotopic (exact) mass is 349 g/mol. The predicted octanol–water partition coefficient (Wildman–Crippen LogP) is 2.11. The Balaban J connectivity index is 1.41. The Morgan fingerprint density at radius 3 is 2.31 bits per heavy atom. The van der Waals surface area contributed by atoms with E-state index in [2.05, 4.69) is 16.0 Å².